The van der Waals surface area contributed by atoms with E-state index >= 15 is 0 Å². The maximum atomic E-state index is 11.9. The molecule has 0 spiro atoms. The Labute approximate surface area is 112 Å². The minimum absolute atomic E-state index is 0.0603. The zero-order chi connectivity index (χ0) is 14.3. The van der Waals surface area contributed by atoms with Gasteiger partial charge < -0.3 is 15.6 Å². The quantitative estimate of drug-likeness (QED) is 0.851. The van der Waals surface area contributed by atoms with Crippen molar-refractivity contribution in [2.45, 2.75) is 33.7 Å². The Hall–Kier alpha value is -2.11. The number of carbonyl (C=O) groups is 1. The van der Waals surface area contributed by atoms with Crippen LogP contribution in [0, 0.1) is 20.8 Å². The first-order chi connectivity index (χ1) is 8.88. The summed E-state index contributed by atoms with van der Waals surface area (Å²) >= 11 is 0. The van der Waals surface area contributed by atoms with Crippen molar-refractivity contribution in [1.82, 2.24) is 19.9 Å². The van der Waals surface area contributed by atoms with Crippen LogP contribution in [-0.4, -0.2) is 27.5 Å². The van der Waals surface area contributed by atoms with Gasteiger partial charge in [0.2, 0.25) is 5.91 Å². The van der Waals surface area contributed by atoms with E-state index in [0.29, 0.717) is 11.6 Å². The minimum Gasteiger partial charge on any atom is -0.383 e. The molecule has 0 aliphatic carbocycles. The second-order valence-electron chi connectivity index (χ2n) is 4.73. The van der Waals surface area contributed by atoms with Crippen LogP contribution in [0.15, 0.2) is 0 Å². The van der Waals surface area contributed by atoms with Crippen LogP contribution in [0.3, 0.4) is 0 Å². The van der Waals surface area contributed by atoms with Crippen molar-refractivity contribution in [3.63, 3.8) is 0 Å². The van der Waals surface area contributed by atoms with Crippen LogP contribution in [0.2, 0.25) is 0 Å². The number of aryl methyl sites for hydroxylation is 2. The molecule has 1 atom stereocenters. The number of anilines is 1. The van der Waals surface area contributed by atoms with E-state index in [0.717, 1.165) is 22.3 Å². The Balaban J connectivity index is 2.81. The van der Waals surface area contributed by atoms with E-state index < -0.39 is 0 Å². The first-order valence-corrected chi connectivity index (χ1v) is 6.21. The fraction of sp³-hybridized carbons (Fsp3) is 0.462. The van der Waals surface area contributed by atoms with Crippen molar-refractivity contribution in [1.29, 1.82) is 0 Å². The number of nitrogens with two attached hydrogens (primary N) is 1. The van der Waals surface area contributed by atoms with Crippen molar-refractivity contribution in [3.05, 3.63) is 17.1 Å². The van der Waals surface area contributed by atoms with E-state index in [1.54, 1.807) is 14.0 Å². The molecule has 6 heteroatoms. The van der Waals surface area contributed by atoms with Crippen molar-refractivity contribution in [2.75, 3.05) is 12.8 Å². The summed E-state index contributed by atoms with van der Waals surface area (Å²) in [5.41, 5.74) is 8.70. The Morgan fingerprint density at radius 1 is 1.32 bits per heavy atom. The molecule has 0 aromatic carbocycles. The van der Waals surface area contributed by atoms with Crippen molar-refractivity contribution in [3.8, 4) is 0 Å². The van der Waals surface area contributed by atoms with Crippen LogP contribution in [0.5, 0.6) is 0 Å². The highest BCUT2D eigenvalue weighted by molar-refractivity contribution is 5.92. The van der Waals surface area contributed by atoms with Gasteiger partial charge in [-0.25, -0.2) is 9.97 Å². The topological polar surface area (TPSA) is 85.8 Å². The summed E-state index contributed by atoms with van der Waals surface area (Å²) in [6.45, 7) is 7.58. The number of rotatable bonds is 2. The molecule has 6 nitrogen and oxygen atoms in total. The van der Waals surface area contributed by atoms with Crippen LogP contribution in [0.1, 0.15) is 30.0 Å². The zero-order valence-corrected chi connectivity index (χ0v) is 11.9. The number of hydrogen-bond donors (Lipinski definition) is 2. The molecule has 2 aromatic rings. The molecule has 102 valence electrons. The van der Waals surface area contributed by atoms with Gasteiger partial charge in [-0.2, -0.15) is 0 Å². The Bertz CT molecular complexity index is 659. The zero-order valence-electron chi connectivity index (χ0n) is 11.9. The third-order valence-corrected chi connectivity index (χ3v) is 3.55. The molecule has 1 unspecified atom stereocenters. The first-order valence-electron chi connectivity index (χ1n) is 6.21. The lowest BCUT2D eigenvalue weighted by Crippen LogP contribution is -2.28. The molecule has 2 heterocycles. The summed E-state index contributed by atoms with van der Waals surface area (Å²) in [6.07, 6.45) is 0. The van der Waals surface area contributed by atoms with E-state index in [2.05, 4.69) is 15.3 Å². The number of nitrogen functional groups attached to an aromatic ring is 1. The molecular weight excluding hydrogens is 242 g/mol. The normalized spacial score (nSPS) is 12.7. The maximum absolute atomic E-state index is 11.9. The summed E-state index contributed by atoms with van der Waals surface area (Å²) in [4.78, 5) is 20.5. The number of likely N-dealkylation sites (N-methyl/N-ethyl adjacent to an activating group) is 1. The van der Waals surface area contributed by atoms with Crippen LogP contribution in [0.25, 0.3) is 11.0 Å². The summed E-state index contributed by atoms with van der Waals surface area (Å²) in [6, 6.07) is -0.338. The monoisotopic (exact) mass is 261 g/mol. The molecular formula is C13H19N5O. The SMILES string of the molecule is CNC(=O)C(C)n1c(C)c(C)c2c(N)nc(C)nc21. The number of fused-ring (bicyclic) bond motifs is 1. The van der Waals surface area contributed by atoms with Gasteiger partial charge in [0.05, 0.1) is 5.39 Å². The van der Waals surface area contributed by atoms with Gasteiger partial charge in [0.1, 0.15) is 23.3 Å². The third-order valence-electron chi connectivity index (χ3n) is 3.55. The molecule has 0 aliphatic rings. The van der Waals surface area contributed by atoms with E-state index in [-0.39, 0.29) is 11.9 Å². The average Bonchev–Trinajstić information content (AvgIpc) is 2.60. The lowest BCUT2D eigenvalue weighted by molar-refractivity contribution is -0.123. The Kier molecular flexibility index (Phi) is 3.18. The number of nitrogens with zero attached hydrogens (tertiary/aromatic N) is 3. The van der Waals surface area contributed by atoms with E-state index in [1.165, 1.54) is 0 Å². The molecule has 0 radical (unpaired) electrons. The molecule has 0 saturated carbocycles. The molecule has 0 bridgehead atoms. The Morgan fingerprint density at radius 3 is 2.53 bits per heavy atom. The van der Waals surface area contributed by atoms with E-state index in [9.17, 15) is 4.79 Å². The van der Waals surface area contributed by atoms with Crippen molar-refractivity contribution in [2.24, 2.45) is 0 Å². The fourth-order valence-corrected chi connectivity index (χ4v) is 2.43. The molecule has 0 fully saturated rings. The van der Waals surface area contributed by atoms with Crippen molar-refractivity contribution < 1.29 is 4.79 Å². The highest BCUT2D eigenvalue weighted by atomic mass is 16.2. The summed E-state index contributed by atoms with van der Waals surface area (Å²) in [5.74, 6) is 1.01. The molecule has 2 rings (SSSR count). The van der Waals surface area contributed by atoms with Crippen molar-refractivity contribution >= 4 is 22.8 Å². The van der Waals surface area contributed by atoms with Gasteiger partial charge >= 0.3 is 0 Å². The molecule has 0 aliphatic heterocycles. The molecule has 3 N–H and O–H groups in total. The standard InChI is InChI=1S/C13H19N5O/c1-6-7(2)18(8(3)13(19)15-5)12-10(6)11(14)16-9(4)17-12/h8H,1-5H3,(H,15,19)(H2,14,16,17). The average molecular weight is 261 g/mol. The predicted molar refractivity (Wildman–Crippen MR) is 74.9 cm³/mol. The molecule has 2 aromatic heterocycles. The first kappa shape index (κ1) is 13.3. The van der Waals surface area contributed by atoms with Crippen LogP contribution < -0.4 is 11.1 Å². The molecule has 1 amide bonds. The number of amides is 1. The number of hydrogen-bond acceptors (Lipinski definition) is 4. The van der Waals surface area contributed by atoms with Gasteiger partial charge in [-0.05, 0) is 33.3 Å². The van der Waals surface area contributed by atoms with Gasteiger partial charge in [0, 0.05) is 12.7 Å². The summed E-state index contributed by atoms with van der Waals surface area (Å²) < 4.78 is 1.91. The summed E-state index contributed by atoms with van der Waals surface area (Å²) in [5, 5.41) is 3.49. The number of aromatic nitrogens is 3. The van der Waals surface area contributed by atoms with Crippen LogP contribution in [0.4, 0.5) is 5.82 Å². The highest BCUT2D eigenvalue weighted by Gasteiger charge is 2.22. The lowest BCUT2D eigenvalue weighted by Gasteiger charge is -2.15. The van der Waals surface area contributed by atoms with Crippen LogP contribution >= 0.6 is 0 Å². The van der Waals surface area contributed by atoms with Gasteiger partial charge in [0.25, 0.3) is 0 Å². The predicted octanol–water partition coefficient (Wildman–Crippen LogP) is 1.25. The van der Waals surface area contributed by atoms with Gasteiger partial charge in [-0.3, -0.25) is 4.79 Å². The van der Waals surface area contributed by atoms with E-state index in [1.807, 2.05) is 25.3 Å². The number of nitrogens with one attached hydrogen (secondary N) is 1. The van der Waals surface area contributed by atoms with Crippen LogP contribution in [-0.2, 0) is 4.79 Å². The summed E-state index contributed by atoms with van der Waals surface area (Å²) in [7, 11) is 1.63. The molecule has 19 heavy (non-hydrogen) atoms. The maximum Gasteiger partial charge on any atom is 0.242 e. The van der Waals surface area contributed by atoms with E-state index in [4.69, 9.17) is 5.73 Å². The second-order valence-corrected chi connectivity index (χ2v) is 4.73. The smallest absolute Gasteiger partial charge is 0.242 e. The largest absolute Gasteiger partial charge is 0.383 e. The lowest BCUT2D eigenvalue weighted by atomic mass is 10.2. The second kappa shape index (κ2) is 4.53. The number of carbonyl (C=O) groups excluding carboxylic acids is 1. The van der Waals surface area contributed by atoms with Gasteiger partial charge in [-0.15, -0.1) is 0 Å². The van der Waals surface area contributed by atoms with Gasteiger partial charge in [-0.1, -0.05) is 0 Å². The molecule has 0 saturated heterocycles. The fourth-order valence-electron chi connectivity index (χ4n) is 2.43. The van der Waals surface area contributed by atoms with Gasteiger partial charge in [0.15, 0.2) is 0 Å². The highest BCUT2D eigenvalue weighted by Crippen LogP contribution is 2.30. The third kappa shape index (κ3) is 1.93. The Morgan fingerprint density at radius 2 is 1.95 bits per heavy atom. The minimum atomic E-state index is -0.338.